The molecule has 2 rings (SSSR count). The highest BCUT2D eigenvalue weighted by atomic mass is 79.9. The van der Waals surface area contributed by atoms with Crippen LogP contribution in [-0.4, -0.2) is 0 Å². The highest BCUT2D eigenvalue weighted by molar-refractivity contribution is 9.11. The third-order valence-corrected chi connectivity index (χ3v) is 4.43. The van der Waals surface area contributed by atoms with Gasteiger partial charge < -0.3 is 11.5 Å². The SMILES string of the molecule is Nc1c(Cl)cc(-c2cc(Cl)c(N)c(Br)c2)cc1Br. The van der Waals surface area contributed by atoms with Crippen molar-refractivity contribution < 1.29 is 0 Å². The van der Waals surface area contributed by atoms with Crippen molar-refractivity contribution in [3.8, 4) is 11.1 Å². The minimum absolute atomic E-state index is 0.489. The first kappa shape index (κ1) is 14.0. The number of hydrogen-bond donors (Lipinski definition) is 2. The van der Waals surface area contributed by atoms with Crippen molar-refractivity contribution >= 4 is 66.4 Å². The van der Waals surface area contributed by atoms with E-state index in [1.165, 1.54) is 0 Å². The standard InChI is InChI=1S/C12H8Br2Cl2N2/c13-7-1-5(3-9(15)11(7)17)6-2-8(14)12(18)10(16)4-6/h1-4H,17-18H2. The second-order valence-electron chi connectivity index (χ2n) is 3.71. The normalized spacial score (nSPS) is 10.7. The molecule has 0 atom stereocenters. The third kappa shape index (κ3) is 2.62. The maximum absolute atomic E-state index is 6.06. The van der Waals surface area contributed by atoms with Gasteiger partial charge in [0, 0.05) is 8.95 Å². The fraction of sp³-hybridized carbons (Fsp3) is 0. The molecule has 94 valence electrons. The number of nitrogens with two attached hydrogens (primary N) is 2. The summed E-state index contributed by atoms with van der Waals surface area (Å²) in [7, 11) is 0. The minimum Gasteiger partial charge on any atom is -0.397 e. The van der Waals surface area contributed by atoms with E-state index in [0.29, 0.717) is 21.4 Å². The molecule has 0 saturated heterocycles. The first-order valence-electron chi connectivity index (χ1n) is 4.89. The van der Waals surface area contributed by atoms with Gasteiger partial charge >= 0.3 is 0 Å². The topological polar surface area (TPSA) is 52.0 Å². The van der Waals surface area contributed by atoms with Crippen molar-refractivity contribution in [2.75, 3.05) is 11.5 Å². The lowest BCUT2D eigenvalue weighted by Gasteiger charge is -2.09. The summed E-state index contributed by atoms with van der Waals surface area (Å²) < 4.78 is 1.49. The summed E-state index contributed by atoms with van der Waals surface area (Å²) in [5.41, 5.74) is 14.4. The van der Waals surface area contributed by atoms with E-state index in [-0.39, 0.29) is 0 Å². The number of anilines is 2. The molecular formula is C12H8Br2Cl2N2. The van der Waals surface area contributed by atoms with Gasteiger partial charge in [-0.05, 0) is 67.3 Å². The highest BCUT2D eigenvalue weighted by Crippen LogP contribution is 2.37. The third-order valence-electron chi connectivity index (χ3n) is 2.49. The van der Waals surface area contributed by atoms with Crippen LogP contribution in [-0.2, 0) is 0 Å². The molecule has 18 heavy (non-hydrogen) atoms. The van der Waals surface area contributed by atoms with Crippen molar-refractivity contribution in [2.45, 2.75) is 0 Å². The van der Waals surface area contributed by atoms with Crippen LogP contribution in [0.5, 0.6) is 0 Å². The van der Waals surface area contributed by atoms with Crippen LogP contribution in [0.25, 0.3) is 11.1 Å². The van der Waals surface area contributed by atoms with Gasteiger partial charge in [-0.25, -0.2) is 0 Å². The Morgan fingerprint density at radius 2 is 1.06 bits per heavy atom. The summed E-state index contributed by atoms with van der Waals surface area (Å²) >= 11 is 18.8. The monoisotopic (exact) mass is 408 g/mol. The molecule has 2 aromatic carbocycles. The van der Waals surface area contributed by atoms with E-state index in [4.69, 9.17) is 34.7 Å². The van der Waals surface area contributed by atoms with Gasteiger partial charge in [0.15, 0.2) is 0 Å². The van der Waals surface area contributed by atoms with Crippen molar-refractivity contribution in [1.29, 1.82) is 0 Å². The molecule has 0 aliphatic rings. The second kappa shape index (κ2) is 5.29. The van der Waals surface area contributed by atoms with Crippen molar-refractivity contribution in [3.05, 3.63) is 43.3 Å². The Bertz CT molecular complexity index is 528. The van der Waals surface area contributed by atoms with E-state index >= 15 is 0 Å². The smallest absolute Gasteiger partial charge is 0.0653 e. The number of nitrogen functional groups attached to an aromatic ring is 2. The van der Waals surface area contributed by atoms with Gasteiger partial charge in [-0.2, -0.15) is 0 Å². The summed E-state index contributed by atoms with van der Waals surface area (Å²) in [4.78, 5) is 0. The minimum atomic E-state index is 0.489. The first-order valence-corrected chi connectivity index (χ1v) is 7.23. The molecule has 4 N–H and O–H groups in total. The molecular weight excluding hydrogens is 403 g/mol. The fourth-order valence-electron chi connectivity index (χ4n) is 1.50. The van der Waals surface area contributed by atoms with E-state index in [1.807, 2.05) is 12.1 Å². The maximum atomic E-state index is 6.06. The van der Waals surface area contributed by atoms with Crippen LogP contribution in [0.2, 0.25) is 10.0 Å². The Morgan fingerprint density at radius 3 is 1.33 bits per heavy atom. The van der Waals surface area contributed by atoms with Crippen LogP contribution in [0, 0.1) is 0 Å². The zero-order valence-electron chi connectivity index (χ0n) is 8.98. The van der Waals surface area contributed by atoms with Crippen LogP contribution in [0.1, 0.15) is 0 Å². The predicted octanol–water partition coefficient (Wildman–Crippen LogP) is 5.35. The Kier molecular flexibility index (Phi) is 4.11. The number of rotatable bonds is 1. The molecule has 0 aliphatic carbocycles. The Morgan fingerprint density at radius 1 is 0.722 bits per heavy atom. The predicted molar refractivity (Wildman–Crippen MR) is 86.1 cm³/mol. The lowest BCUT2D eigenvalue weighted by Crippen LogP contribution is -1.91. The molecule has 2 aromatic rings. The fourth-order valence-corrected chi connectivity index (χ4v) is 3.09. The van der Waals surface area contributed by atoms with Crippen LogP contribution < -0.4 is 11.5 Å². The quantitative estimate of drug-likeness (QED) is 0.622. The Labute approximate surface area is 132 Å². The zero-order valence-corrected chi connectivity index (χ0v) is 13.7. The van der Waals surface area contributed by atoms with Crippen molar-refractivity contribution in [2.24, 2.45) is 0 Å². The number of halogens is 4. The second-order valence-corrected chi connectivity index (χ2v) is 6.23. The van der Waals surface area contributed by atoms with E-state index in [2.05, 4.69) is 31.9 Å². The van der Waals surface area contributed by atoms with Crippen molar-refractivity contribution in [1.82, 2.24) is 0 Å². The lowest BCUT2D eigenvalue weighted by atomic mass is 10.0. The first-order chi connectivity index (χ1) is 8.40. The average Bonchev–Trinajstić information content (AvgIpc) is 2.31. The van der Waals surface area contributed by atoms with Gasteiger partial charge in [0.25, 0.3) is 0 Å². The van der Waals surface area contributed by atoms with E-state index in [1.54, 1.807) is 12.1 Å². The van der Waals surface area contributed by atoms with Gasteiger partial charge in [-0.3, -0.25) is 0 Å². The molecule has 0 spiro atoms. The highest BCUT2D eigenvalue weighted by Gasteiger charge is 2.10. The Hall–Kier alpha value is -0.420. The molecule has 0 bridgehead atoms. The van der Waals surface area contributed by atoms with Gasteiger partial charge in [0.2, 0.25) is 0 Å². The molecule has 2 nitrogen and oxygen atoms in total. The molecule has 0 unspecified atom stereocenters. The molecule has 0 aromatic heterocycles. The van der Waals surface area contributed by atoms with Gasteiger partial charge in [-0.1, -0.05) is 23.2 Å². The molecule has 0 aliphatic heterocycles. The van der Waals surface area contributed by atoms with Crippen LogP contribution in [0.15, 0.2) is 33.2 Å². The van der Waals surface area contributed by atoms with E-state index < -0.39 is 0 Å². The number of benzene rings is 2. The van der Waals surface area contributed by atoms with Gasteiger partial charge in [0.05, 0.1) is 21.4 Å². The summed E-state index contributed by atoms with van der Waals surface area (Å²) in [6.07, 6.45) is 0. The zero-order chi connectivity index (χ0) is 13.4. The summed E-state index contributed by atoms with van der Waals surface area (Å²) in [5, 5.41) is 0.979. The molecule has 0 fully saturated rings. The molecule has 6 heteroatoms. The van der Waals surface area contributed by atoms with Crippen LogP contribution in [0.4, 0.5) is 11.4 Å². The van der Waals surface area contributed by atoms with Crippen LogP contribution in [0.3, 0.4) is 0 Å². The van der Waals surface area contributed by atoms with E-state index in [0.717, 1.165) is 20.1 Å². The van der Waals surface area contributed by atoms with Crippen molar-refractivity contribution in [3.63, 3.8) is 0 Å². The molecule has 0 saturated carbocycles. The van der Waals surface area contributed by atoms with E-state index in [9.17, 15) is 0 Å². The van der Waals surface area contributed by atoms with Gasteiger partial charge in [-0.15, -0.1) is 0 Å². The summed E-state index contributed by atoms with van der Waals surface area (Å²) in [6.45, 7) is 0. The largest absolute Gasteiger partial charge is 0.397 e. The summed E-state index contributed by atoms with van der Waals surface area (Å²) in [6, 6.07) is 7.34. The van der Waals surface area contributed by atoms with Crippen LogP contribution >= 0.6 is 55.1 Å². The molecule has 0 heterocycles. The number of hydrogen-bond acceptors (Lipinski definition) is 2. The molecule has 0 amide bonds. The maximum Gasteiger partial charge on any atom is 0.0653 e. The Balaban J connectivity index is 2.63. The lowest BCUT2D eigenvalue weighted by molar-refractivity contribution is 1.56. The van der Waals surface area contributed by atoms with Gasteiger partial charge in [0.1, 0.15) is 0 Å². The summed E-state index contributed by atoms with van der Waals surface area (Å²) in [5.74, 6) is 0. The molecule has 0 radical (unpaired) electrons. The average molecular weight is 411 g/mol.